The maximum atomic E-state index is 9.87. The molecule has 1 aliphatic heterocycles. The van der Waals surface area contributed by atoms with Gasteiger partial charge in [-0.05, 0) is 35.4 Å². The summed E-state index contributed by atoms with van der Waals surface area (Å²) in [7, 11) is 0. The third kappa shape index (κ3) is 4.33. The van der Waals surface area contributed by atoms with E-state index in [0.717, 1.165) is 5.56 Å². The van der Waals surface area contributed by atoms with E-state index in [4.69, 9.17) is 9.47 Å². The van der Waals surface area contributed by atoms with E-state index in [1.807, 2.05) is 0 Å². The van der Waals surface area contributed by atoms with Crippen molar-refractivity contribution in [3.8, 4) is 17.2 Å². The highest BCUT2D eigenvalue weighted by atomic mass is 16.7. The van der Waals surface area contributed by atoms with Gasteiger partial charge in [0.2, 0.25) is 6.29 Å². The largest absolute Gasteiger partial charge is 0.508 e. The molecule has 1 heterocycles. The molecule has 1 saturated heterocycles. The van der Waals surface area contributed by atoms with Gasteiger partial charge >= 0.3 is 0 Å². The van der Waals surface area contributed by atoms with Crippen molar-refractivity contribution >= 4 is 12.2 Å². The number of phenols is 2. The van der Waals surface area contributed by atoms with Crippen LogP contribution in [0.1, 0.15) is 11.1 Å². The highest BCUT2D eigenvalue weighted by Gasteiger charge is 2.38. The number of phenolic OH excluding ortho intramolecular Hbond substituents is 2. The van der Waals surface area contributed by atoms with Gasteiger partial charge in [0.15, 0.2) is 0 Å². The summed E-state index contributed by atoms with van der Waals surface area (Å²) in [4.78, 5) is 0. The molecule has 0 spiro atoms. The van der Waals surface area contributed by atoms with Crippen molar-refractivity contribution < 1.29 is 35.0 Å². The Morgan fingerprint density at radius 3 is 2.12 bits per heavy atom. The quantitative estimate of drug-likeness (QED) is 0.518. The van der Waals surface area contributed by atoms with Crippen LogP contribution in [0.2, 0.25) is 0 Å². The number of aliphatic hydroxyl groups excluding tert-OH is 3. The summed E-state index contributed by atoms with van der Waals surface area (Å²) in [5, 5.41) is 47.9. The summed E-state index contributed by atoms with van der Waals surface area (Å²) in [6, 6.07) is 11.2. The molecule has 0 saturated carbocycles. The summed E-state index contributed by atoms with van der Waals surface area (Å²) in [6.45, 7) is -0.125. The summed E-state index contributed by atoms with van der Waals surface area (Å²) < 4.78 is 10.7. The van der Waals surface area contributed by atoms with E-state index in [1.165, 1.54) is 18.2 Å². The average molecular weight is 360 g/mol. The Kier molecular flexibility index (Phi) is 5.43. The average Bonchev–Trinajstić information content (AvgIpc) is 2.61. The lowest BCUT2D eigenvalue weighted by atomic mass is 10.1. The molecule has 0 radical (unpaired) electrons. The minimum atomic E-state index is -1.35. The van der Waals surface area contributed by atoms with E-state index >= 15 is 0 Å². The van der Waals surface area contributed by atoms with Crippen LogP contribution in [0.4, 0.5) is 0 Å². The minimum Gasteiger partial charge on any atom is -0.508 e. The second kappa shape index (κ2) is 7.76. The molecule has 7 nitrogen and oxygen atoms in total. The zero-order chi connectivity index (χ0) is 18.7. The lowest BCUT2D eigenvalue weighted by Crippen LogP contribution is -2.54. The van der Waals surface area contributed by atoms with Gasteiger partial charge in [-0.1, -0.05) is 24.3 Å². The first-order valence-corrected chi connectivity index (χ1v) is 8.06. The van der Waals surface area contributed by atoms with Crippen molar-refractivity contribution in [3.05, 3.63) is 53.6 Å². The van der Waals surface area contributed by atoms with Crippen LogP contribution in [0.25, 0.3) is 12.2 Å². The minimum absolute atomic E-state index is 0.0215. The van der Waals surface area contributed by atoms with Gasteiger partial charge in [0.25, 0.3) is 0 Å². The third-order valence-electron chi connectivity index (χ3n) is 3.98. The highest BCUT2D eigenvalue weighted by Crippen LogP contribution is 2.23. The predicted octanol–water partition coefficient (Wildman–Crippen LogP) is 1.09. The van der Waals surface area contributed by atoms with Crippen LogP contribution in [0.15, 0.2) is 42.5 Å². The van der Waals surface area contributed by atoms with E-state index in [-0.39, 0.29) is 18.1 Å². The molecule has 7 heteroatoms. The van der Waals surface area contributed by atoms with E-state index in [0.29, 0.717) is 11.3 Å². The first kappa shape index (κ1) is 18.2. The Bertz CT molecular complexity index is 752. The Hall–Kier alpha value is -2.58. The lowest BCUT2D eigenvalue weighted by molar-refractivity contribution is -0.242. The predicted molar refractivity (Wildman–Crippen MR) is 93.5 cm³/mol. The summed E-state index contributed by atoms with van der Waals surface area (Å²) in [5.74, 6) is 0.392. The maximum Gasteiger partial charge on any atom is 0.228 e. The van der Waals surface area contributed by atoms with Gasteiger partial charge in [0, 0.05) is 6.07 Å². The number of ether oxygens (including phenoxy) is 2. The van der Waals surface area contributed by atoms with Crippen molar-refractivity contribution in [2.24, 2.45) is 0 Å². The topological polar surface area (TPSA) is 120 Å². The van der Waals surface area contributed by atoms with Crippen LogP contribution >= 0.6 is 0 Å². The van der Waals surface area contributed by atoms with Gasteiger partial charge in [-0.15, -0.1) is 0 Å². The Balaban J connectivity index is 1.64. The molecule has 1 unspecified atom stereocenters. The molecular weight excluding hydrogens is 340 g/mol. The summed E-state index contributed by atoms with van der Waals surface area (Å²) >= 11 is 0. The fourth-order valence-corrected chi connectivity index (χ4v) is 2.58. The van der Waals surface area contributed by atoms with Crippen molar-refractivity contribution in [1.82, 2.24) is 0 Å². The monoisotopic (exact) mass is 360 g/mol. The van der Waals surface area contributed by atoms with Crippen molar-refractivity contribution in [1.29, 1.82) is 0 Å². The number of rotatable bonds is 4. The Morgan fingerprint density at radius 1 is 0.846 bits per heavy atom. The highest BCUT2D eigenvalue weighted by molar-refractivity contribution is 5.71. The van der Waals surface area contributed by atoms with Gasteiger partial charge < -0.3 is 35.0 Å². The van der Waals surface area contributed by atoms with Crippen molar-refractivity contribution in [2.45, 2.75) is 24.6 Å². The Labute approximate surface area is 150 Å². The molecule has 1 fully saturated rings. The zero-order valence-electron chi connectivity index (χ0n) is 13.8. The SMILES string of the molecule is Oc1cc(O)cc(/C=C\c2ccc(OC3OC[C@@H](O)[C@H](O)[C@H]3O)cc2)c1. The van der Waals surface area contributed by atoms with Gasteiger partial charge in [-0.25, -0.2) is 0 Å². The van der Waals surface area contributed by atoms with Crippen LogP contribution in [0, 0.1) is 0 Å². The van der Waals surface area contributed by atoms with Crippen LogP contribution in [-0.4, -0.2) is 56.7 Å². The van der Waals surface area contributed by atoms with Gasteiger partial charge in [-0.2, -0.15) is 0 Å². The first-order chi connectivity index (χ1) is 12.4. The molecule has 4 atom stereocenters. The molecule has 0 amide bonds. The zero-order valence-corrected chi connectivity index (χ0v) is 13.8. The molecule has 0 aromatic heterocycles. The fourth-order valence-electron chi connectivity index (χ4n) is 2.58. The molecule has 138 valence electrons. The summed E-state index contributed by atoms with van der Waals surface area (Å²) in [5.41, 5.74) is 1.50. The second-order valence-corrected chi connectivity index (χ2v) is 6.05. The molecular formula is C19H20O7. The molecule has 2 aromatic carbocycles. The lowest BCUT2D eigenvalue weighted by Gasteiger charge is -2.34. The van der Waals surface area contributed by atoms with Gasteiger partial charge in [0.1, 0.15) is 35.6 Å². The molecule has 1 aliphatic rings. The smallest absolute Gasteiger partial charge is 0.228 e. The van der Waals surface area contributed by atoms with E-state index in [1.54, 1.807) is 36.4 Å². The second-order valence-electron chi connectivity index (χ2n) is 6.05. The molecule has 26 heavy (non-hydrogen) atoms. The maximum absolute atomic E-state index is 9.87. The van der Waals surface area contributed by atoms with Crippen LogP contribution in [-0.2, 0) is 4.74 Å². The Morgan fingerprint density at radius 2 is 1.46 bits per heavy atom. The number of hydrogen-bond donors (Lipinski definition) is 5. The van der Waals surface area contributed by atoms with E-state index < -0.39 is 24.6 Å². The number of aliphatic hydroxyl groups is 3. The summed E-state index contributed by atoms with van der Waals surface area (Å²) in [6.07, 6.45) is -1.35. The first-order valence-electron chi connectivity index (χ1n) is 8.06. The van der Waals surface area contributed by atoms with Crippen molar-refractivity contribution in [3.63, 3.8) is 0 Å². The van der Waals surface area contributed by atoms with Crippen LogP contribution in [0.3, 0.4) is 0 Å². The molecule has 5 N–H and O–H groups in total. The normalized spacial score (nSPS) is 26.1. The van der Waals surface area contributed by atoms with Crippen LogP contribution in [0.5, 0.6) is 17.2 Å². The fraction of sp³-hybridized carbons (Fsp3) is 0.263. The van der Waals surface area contributed by atoms with Crippen LogP contribution < -0.4 is 4.74 Å². The molecule has 0 bridgehead atoms. The molecule has 0 aliphatic carbocycles. The van der Waals surface area contributed by atoms with E-state index in [2.05, 4.69) is 0 Å². The standard InChI is InChI=1S/C19H20O7/c20-13-7-12(8-14(21)9-13)2-1-11-3-5-15(6-4-11)26-19-18(24)17(23)16(22)10-25-19/h1-9,16-24H,10H2/b2-1-/t16-,17+,18-,19?/m1/s1. The third-order valence-corrected chi connectivity index (χ3v) is 3.98. The van der Waals surface area contributed by atoms with Gasteiger partial charge in [0.05, 0.1) is 6.61 Å². The van der Waals surface area contributed by atoms with Crippen molar-refractivity contribution in [2.75, 3.05) is 6.61 Å². The number of hydrogen-bond acceptors (Lipinski definition) is 7. The number of benzene rings is 2. The number of aromatic hydroxyl groups is 2. The molecule has 3 rings (SSSR count). The molecule has 2 aromatic rings. The van der Waals surface area contributed by atoms with E-state index in [9.17, 15) is 25.5 Å². The van der Waals surface area contributed by atoms with Gasteiger partial charge in [-0.3, -0.25) is 0 Å².